The number of hydrogen-bond acceptors (Lipinski definition) is 4. The molecule has 1 unspecified atom stereocenters. The Bertz CT molecular complexity index is 549. The van der Waals surface area contributed by atoms with Crippen LogP contribution in [0.1, 0.15) is 32.5 Å². The zero-order valence-corrected chi connectivity index (χ0v) is 12.3. The van der Waals surface area contributed by atoms with Crippen molar-refractivity contribution in [2.24, 2.45) is 5.73 Å². The topological polar surface area (TPSA) is 114 Å². The quantitative estimate of drug-likeness (QED) is 0.503. The maximum absolute atomic E-state index is 12.2. The van der Waals surface area contributed by atoms with E-state index in [1.54, 1.807) is 11.5 Å². The molecular weight excluding hydrogens is 266 g/mol. The third-order valence-corrected chi connectivity index (χ3v) is 4.24. The van der Waals surface area contributed by atoms with E-state index in [4.69, 9.17) is 11.1 Å². The molecule has 108 valence electrons. The van der Waals surface area contributed by atoms with Crippen LogP contribution in [0.5, 0.6) is 0 Å². The molecule has 7 nitrogen and oxygen atoms in total. The van der Waals surface area contributed by atoms with Gasteiger partial charge in [-0.25, -0.2) is 18.1 Å². The molecule has 1 rings (SSSR count). The number of sulfonamides is 1. The summed E-state index contributed by atoms with van der Waals surface area (Å²) in [5, 5.41) is 7.24. The highest BCUT2D eigenvalue weighted by atomic mass is 32.2. The largest absolute Gasteiger partial charge is 0.388 e. The van der Waals surface area contributed by atoms with E-state index in [0.29, 0.717) is 18.8 Å². The Hall–Kier alpha value is -1.41. The van der Waals surface area contributed by atoms with Gasteiger partial charge in [-0.2, -0.15) is 0 Å². The van der Waals surface area contributed by atoms with Crippen molar-refractivity contribution in [2.75, 3.05) is 0 Å². The lowest BCUT2D eigenvalue weighted by molar-refractivity contribution is 0.542. The Labute approximate surface area is 113 Å². The van der Waals surface area contributed by atoms with Crippen LogP contribution in [0.2, 0.25) is 0 Å². The van der Waals surface area contributed by atoms with Crippen molar-refractivity contribution in [3.63, 3.8) is 0 Å². The first kappa shape index (κ1) is 15.6. The Morgan fingerprint density at radius 2 is 2.21 bits per heavy atom. The molecule has 0 saturated carbocycles. The Morgan fingerprint density at radius 3 is 2.63 bits per heavy atom. The summed E-state index contributed by atoms with van der Waals surface area (Å²) in [6.07, 6.45) is 2.27. The first-order chi connectivity index (χ1) is 8.80. The van der Waals surface area contributed by atoms with Gasteiger partial charge in [0.1, 0.15) is 5.82 Å². The maximum atomic E-state index is 12.2. The Kier molecular flexibility index (Phi) is 5.07. The second kappa shape index (κ2) is 6.16. The van der Waals surface area contributed by atoms with E-state index >= 15 is 0 Å². The molecule has 4 N–H and O–H groups in total. The maximum Gasteiger partial charge on any atom is 0.259 e. The summed E-state index contributed by atoms with van der Waals surface area (Å²) in [5.41, 5.74) is 5.30. The van der Waals surface area contributed by atoms with Crippen molar-refractivity contribution < 1.29 is 8.42 Å². The molecule has 0 aromatic carbocycles. The van der Waals surface area contributed by atoms with Gasteiger partial charge in [-0.15, -0.1) is 0 Å². The number of imidazole rings is 1. The van der Waals surface area contributed by atoms with Gasteiger partial charge in [0.05, 0.1) is 5.84 Å². The number of rotatable bonds is 7. The van der Waals surface area contributed by atoms with Crippen molar-refractivity contribution in [3.05, 3.63) is 12.0 Å². The molecule has 0 radical (unpaired) electrons. The minimum Gasteiger partial charge on any atom is -0.388 e. The Morgan fingerprint density at radius 1 is 1.58 bits per heavy atom. The highest BCUT2D eigenvalue weighted by Crippen LogP contribution is 2.11. The van der Waals surface area contributed by atoms with E-state index in [1.807, 2.05) is 13.8 Å². The Balaban J connectivity index is 2.93. The van der Waals surface area contributed by atoms with Gasteiger partial charge < -0.3 is 10.3 Å². The normalized spacial score (nSPS) is 13.4. The van der Waals surface area contributed by atoms with Crippen molar-refractivity contribution in [1.29, 1.82) is 5.41 Å². The second-order valence-corrected chi connectivity index (χ2v) is 6.03. The number of nitrogens with zero attached hydrogens (tertiary/aromatic N) is 2. The number of aryl methyl sites for hydroxylation is 2. The lowest BCUT2D eigenvalue weighted by Crippen LogP contribution is -2.37. The van der Waals surface area contributed by atoms with Gasteiger partial charge in [-0.3, -0.25) is 5.41 Å². The first-order valence-corrected chi connectivity index (χ1v) is 7.67. The minimum atomic E-state index is -3.66. The molecule has 0 amide bonds. The van der Waals surface area contributed by atoms with Crippen LogP contribution in [0.4, 0.5) is 0 Å². The molecular formula is C11H21N5O2S. The van der Waals surface area contributed by atoms with E-state index in [2.05, 4.69) is 9.71 Å². The third kappa shape index (κ3) is 4.03. The fourth-order valence-corrected chi connectivity index (χ4v) is 3.07. The fraction of sp³-hybridized carbons (Fsp3) is 0.636. The summed E-state index contributed by atoms with van der Waals surface area (Å²) >= 11 is 0. The van der Waals surface area contributed by atoms with Gasteiger partial charge in [0.15, 0.2) is 5.03 Å². The van der Waals surface area contributed by atoms with Crippen LogP contribution >= 0.6 is 0 Å². The number of amidine groups is 1. The molecule has 19 heavy (non-hydrogen) atoms. The van der Waals surface area contributed by atoms with E-state index < -0.39 is 10.0 Å². The number of nitrogens with two attached hydrogens (primary N) is 1. The van der Waals surface area contributed by atoms with Crippen LogP contribution in [-0.4, -0.2) is 29.8 Å². The highest BCUT2D eigenvalue weighted by Gasteiger charge is 2.22. The third-order valence-electron chi connectivity index (χ3n) is 2.85. The number of nitrogens with one attached hydrogen (secondary N) is 2. The molecule has 1 heterocycles. The molecule has 1 atom stereocenters. The predicted molar refractivity (Wildman–Crippen MR) is 73.6 cm³/mol. The van der Waals surface area contributed by atoms with Gasteiger partial charge in [0.25, 0.3) is 10.0 Å². The van der Waals surface area contributed by atoms with Crippen molar-refractivity contribution in [2.45, 2.75) is 51.2 Å². The summed E-state index contributed by atoms with van der Waals surface area (Å²) in [6.45, 7) is 6.18. The lowest BCUT2D eigenvalue weighted by atomic mass is 10.1. The zero-order chi connectivity index (χ0) is 14.6. The van der Waals surface area contributed by atoms with Crippen molar-refractivity contribution in [3.8, 4) is 0 Å². The van der Waals surface area contributed by atoms with Gasteiger partial charge in [-0.05, 0) is 20.3 Å². The molecule has 0 bridgehead atoms. The van der Waals surface area contributed by atoms with Crippen LogP contribution in [0.3, 0.4) is 0 Å². The molecule has 1 aromatic heterocycles. The van der Waals surface area contributed by atoms with Crippen LogP contribution < -0.4 is 10.5 Å². The lowest BCUT2D eigenvalue weighted by Gasteiger charge is -2.15. The minimum absolute atomic E-state index is 0.00820. The molecule has 0 aliphatic heterocycles. The van der Waals surface area contributed by atoms with E-state index in [9.17, 15) is 8.42 Å². The molecule has 0 aliphatic rings. The predicted octanol–water partition coefficient (Wildman–Crippen LogP) is 0.594. The smallest absolute Gasteiger partial charge is 0.259 e. The molecule has 0 aliphatic carbocycles. The second-order valence-electron chi connectivity index (χ2n) is 4.37. The average Bonchev–Trinajstić information content (AvgIpc) is 2.69. The molecule has 0 spiro atoms. The SMILES string of the molecule is CCC(CC(=N)N)NS(=O)(=O)c1cn(CC)c(C)n1. The fourth-order valence-electron chi connectivity index (χ4n) is 1.74. The molecule has 0 fully saturated rings. The van der Waals surface area contributed by atoms with Gasteiger partial charge in [0, 0.05) is 25.2 Å². The van der Waals surface area contributed by atoms with Crippen LogP contribution in [-0.2, 0) is 16.6 Å². The van der Waals surface area contributed by atoms with Gasteiger partial charge in [-0.1, -0.05) is 6.92 Å². The average molecular weight is 287 g/mol. The van der Waals surface area contributed by atoms with Gasteiger partial charge in [0.2, 0.25) is 0 Å². The number of aromatic nitrogens is 2. The molecule has 8 heteroatoms. The first-order valence-electron chi connectivity index (χ1n) is 6.19. The summed E-state index contributed by atoms with van der Waals surface area (Å²) in [5.74, 6) is 0.618. The molecule has 1 aromatic rings. The van der Waals surface area contributed by atoms with Crippen LogP contribution in [0, 0.1) is 12.3 Å². The van der Waals surface area contributed by atoms with E-state index in [0.717, 1.165) is 0 Å². The summed E-state index contributed by atoms with van der Waals surface area (Å²) in [4.78, 5) is 4.05. The summed E-state index contributed by atoms with van der Waals surface area (Å²) < 4.78 is 28.6. The zero-order valence-electron chi connectivity index (χ0n) is 11.5. The number of hydrogen-bond donors (Lipinski definition) is 3. The van der Waals surface area contributed by atoms with E-state index in [1.165, 1.54) is 6.20 Å². The van der Waals surface area contributed by atoms with E-state index in [-0.39, 0.29) is 23.3 Å². The van der Waals surface area contributed by atoms with Crippen molar-refractivity contribution >= 4 is 15.9 Å². The van der Waals surface area contributed by atoms with Crippen LogP contribution in [0.25, 0.3) is 0 Å². The van der Waals surface area contributed by atoms with Gasteiger partial charge >= 0.3 is 0 Å². The van der Waals surface area contributed by atoms with Crippen molar-refractivity contribution in [1.82, 2.24) is 14.3 Å². The standard InChI is InChI=1S/C11H21N5O2S/c1-4-9(6-10(12)13)15-19(17,18)11-7-16(5-2)8(3)14-11/h7,9,15H,4-6H2,1-3H3,(H3,12,13). The van der Waals surface area contributed by atoms with Crippen LogP contribution in [0.15, 0.2) is 11.2 Å². The summed E-state index contributed by atoms with van der Waals surface area (Å²) in [6, 6.07) is -0.380. The monoisotopic (exact) mass is 287 g/mol. The summed E-state index contributed by atoms with van der Waals surface area (Å²) in [7, 11) is -3.66. The molecule has 0 saturated heterocycles. The highest BCUT2D eigenvalue weighted by molar-refractivity contribution is 7.89.